The summed E-state index contributed by atoms with van der Waals surface area (Å²) in [6.07, 6.45) is 7.82. The molecule has 138 valence electrons. The minimum atomic E-state index is -0.148. The molecule has 6 nitrogen and oxygen atoms in total. The monoisotopic (exact) mass is 356 g/mol. The van der Waals surface area contributed by atoms with Crippen molar-refractivity contribution >= 4 is 5.91 Å². The quantitative estimate of drug-likeness (QED) is 0.824. The molecule has 2 saturated heterocycles. The van der Waals surface area contributed by atoms with Gasteiger partial charge in [-0.3, -0.25) is 9.78 Å². The summed E-state index contributed by atoms with van der Waals surface area (Å²) in [5, 5.41) is 0. The molecule has 2 aliphatic rings. The number of amides is 1. The highest BCUT2D eigenvalue weighted by Crippen LogP contribution is 2.41. The normalized spacial score (nSPS) is 25.7. The zero-order chi connectivity index (χ0) is 17.8. The van der Waals surface area contributed by atoms with Crippen molar-refractivity contribution in [3.8, 4) is 0 Å². The first-order valence-electron chi connectivity index (χ1n) is 9.18. The molecule has 2 atom stereocenters. The SMILES string of the molecule is O=C(c1ccoc1)N1CC[C@H]2OCCC[C@]2(COCc2ccccn2)C1. The second kappa shape index (κ2) is 7.60. The molecule has 1 amide bonds. The highest BCUT2D eigenvalue weighted by molar-refractivity contribution is 5.93. The molecule has 2 aliphatic heterocycles. The summed E-state index contributed by atoms with van der Waals surface area (Å²) in [4.78, 5) is 19.0. The van der Waals surface area contributed by atoms with E-state index >= 15 is 0 Å². The molecule has 6 heteroatoms. The molecule has 0 aromatic carbocycles. The van der Waals surface area contributed by atoms with E-state index in [0.29, 0.717) is 31.9 Å². The fraction of sp³-hybridized carbons (Fsp3) is 0.500. The summed E-state index contributed by atoms with van der Waals surface area (Å²) < 4.78 is 17.2. The Balaban J connectivity index is 1.45. The van der Waals surface area contributed by atoms with Crippen LogP contribution < -0.4 is 0 Å². The van der Waals surface area contributed by atoms with Gasteiger partial charge in [-0.1, -0.05) is 6.07 Å². The molecule has 0 saturated carbocycles. The highest BCUT2D eigenvalue weighted by atomic mass is 16.5. The van der Waals surface area contributed by atoms with Crippen molar-refractivity contribution in [3.63, 3.8) is 0 Å². The van der Waals surface area contributed by atoms with Gasteiger partial charge in [0, 0.05) is 31.3 Å². The number of carbonyl (C=O) groups excluding carboxylic acids is 1. The fourth-order valence-corrected chi connectivity index (χ4v) is 4.09. The molecule has 0 unspecified atom stereocenters. The number of fused-ring (bicyclic) bond motifs is 1. The Morgan fingerprint density at radius 2 is 2.35 bits per heavy atom. The highest BCUT2D eigenvalue weighted by Gasteiger charge is 2.47. The van der Waals surface area contributed by atoms with Crippen molar-refractivity contribution in [2.45, 2.75) is 32.0 Å². The van der Waals surface area contributed by atoms with Crippen LogP contribution in [0.5, 0.6) is 0 Å². The second-order valence-electron chi connectivity index (χ2n) is 7.17. The van der Waals surface area contributed by atoms with Crippen LogP contribution in [0.1, 0.15) is 35.3 Å². The number of ether oxygens (including phenoxy) is 2. The smallest absolute Gasteiger partial charge is 0.257 e. The Kier molecular flexibility index (Phi) is 5.04. The molecule has 0 radical (unpaired) electrons. The van der Waals surface area contributed by atoms with Crippen LogP contribution in [0.15, 0.2) is 47.4 Å². The van der Waals surface area contributed by atoms with Crippen molar-refractivity contribution < 1.29 is 18.7 Å². The maximum Gasteiger partial charge on any atom is 0.257 e. The van der Waals surface area contributed by atoms with E-state index in [1.165, 1.54) is 12.5 Å². The number of hydrogen-bond acceptors (Lipinski definition) is 5. The van der Waals surface area contributed by atoms with Gasteiger partial charge in [-0.2, -0.15) is 0 Å². The van der Waals surface area contributed by atoms with E-state index in [1.807, 2.05) is 23.1 Å². The van der Waals surface area contributed by atoms with Crippen LogP contribution in [0.25, 0.3) is 0 Å². The van der Waals surface area contributed by atoms with Gasteiger partial charge in [0.1, 0.15) is 6.26 Å². The van der Waals surface area contributed by atoms with Crippen molar-refractivity contribution in [1.29, 1.82) is 0 Å². The molecule has 0 N–H and O–H groups in total. The van der Waals surface area contributed by atoms with Gasteiger partial charge in [0.15, 0.2) is 0 Å². The van der Waals surface area contributed by atoms with Gasteiger partial charge >= 0.3 is 0 Å². The van der Waals surface area contributed by atoms with Crippen molar-refractivity contribution in [2.24, 2.45) is 5.41 Å². The van der Waals surface area contributed by atoms with Crippen molar-refractivity contribution in [3.05, 3.63) is 54.2 Å². The number of pyridine rings is 1. The molecule has 4 rings (SSSR count). The van der Waals surface area contributed by atoms with Gasteiger partial charge in [0.25, 0.3) is 5.91 Å². The Morgan fingerprint density at radius 1 is 1.38 bits per heavy atom. The Morgan fingerprint density at radius 3 is 3.15 bits per heavy atom. The molecule has 4 heterocycles. The number of hydrogen-bond donors (Lipinski definition) is 0. The molecule has 2 fully saturated rings. The zero-order valence-corrected chi connectivity index (χ0v) is 14.8. The predicted molar refractivity (Wildman–Crippen MR) is 94.5 cm³/mol. The summed E-state index contributed by atoms with van der Waals surface area (Å²) in [7, 11) is 0. The minimum absolute atomic E-state index is 0.0203. The lowest BCUT2D eigenvalue weighted by Crippen LogP contribution is -2.58. The van der Waals surface area contributed by atoms with E-state index in [9.17, 15) is 4.79 Å². The van der Waals surface area contributed by atoms with Crippen molar-refractivity contribution in [2.75, 3.05) is 26.3 Å². The number of rotatable bonds is 5. The molecule has 2 aromatic heterocycles. The third kappa shape index (κ3) is 3.52. The summed E-state index contributed by atoms with van der Waals surface area (Å²) in [6.45, 7) is 3.21. The molecule has 2 aromatic rings. The molecule has 26 heavy (non-hydrogen) atoms. The number of nitrogens with zero attached hydrogens (tertiary/aromatic N) is 2. The molecule has 0 aliphatic carbocycles. The number of likely N-dealkylation sites (tertiary alicyclic amines) is 1. The van der Waals surface area contributed by atoms with Gasteiger partial charge in [-0.25, -0.2) is 0 Å². The topological polar surface area (TPSA) is 64.8 Å². The average Bonchev–Trinajstić information content (AvgIpc) is 3.22. The second-order valence-corrected chi connectivity index (χ2v) is 7.17. The van der Waals surface area contributed by atoms with Crippen molar-refractivity contribution in [1.82, 2.24) is 9.88 Å². The van der Waals surface area contributed by atoms with E-state index in [4.69, 9.17) is 13.9 Å². The average molecular weight is 356 g/mol. The first kappa shape index (κ1) is 17.2. The van der Waals surface area contributed by atoms with E-state index < -0.39 is 0 Å². The maximum absolute atomic E-state index is 12.7. The van der Waals surface area contributed by atoms with Crippen LogP contribution in [-0.4, -0.2) is 48.2 Å². The maximum atomic E-state index is 12.7. The third-order valence-electron chi connectivity index (χ3n) is 5.41. The minimum Gasteiger partial charge on any atom is -0.472 e. The number of carbonyl (C=O) groups is 1. The van der Waals surface area contributed by atoms with Gasteiger partial charge < -0.3 is 18.8 Å². The van der Waals surface area contributed by atoms with Crippen LogP contribution in [0.3, 0.4) is 0 Å². The first-order valence-corrected chi connectivity index (χ1v) is 9.18. The van der Waals surface area contributed by atoms with Crippen LogP contribution >= 0.6 is 0 Å². The lowest BCUT2D eigenvalue weighted by atomic mass is 9.73. The van der Waals surface area contributed by atoms with Gasteiger partial charge in [-0.15, -0.1) is 0 Å². The van der Waals surface area contributed by atoms with Gasteiger partial charge in [0.05, 0.1) is 36.8 Å². The third-order valence-corrected chi connectivity index (χ3v) is 5.41. The lowest BCUT2D eigenvalue weighted by molar-refractivity contribution is -0.149. The Labute approximate surface area is 153 Å². The van der Waals surface area contributed by atoms with Gasteiger partial charge in [0.2, 0.25) is 0 Å². The molecule has 0 bridgehead atoms. The van der Waals surface area contributed by atoms with E-state index in [-0.39, 0.29) is 17.4 Å². The lowest BCUT2D eigenvalue weighted by Gasteiger charge is -2.50. The van der Waals surface area contributed by atoms with Crippen LogP contribution in [0, 0.1) is 5.41 Å². The summed E-state index contributed by atoms with van der Waals surface area (Å²) in [5.41, 5.74) is 1.37. The Bertz CT molecular complexity index is 719. The Hall–Kier alpha value is -2.18. The van der Waals surface area contributed by atoms with Crippen LogP contribution in [0.4, 0.5) is 0 Å². The number of aromatic nitrogens is 1. The van der Waals surface area contributed by atoms with Gasteiger partial charge in [-0.05, 0) is 37.5 Å². The van der Waals surface area contributed by atoms with Crippen LogP contribution in [-0.2, 0) is 16.1 Å². The van der Waals surface area contributed by atoms with E-state index in [0.717, 1.165) is 31.6 Å². The first-order chi connectivity index (χ1) is 12.8. The summed E-state index contributed by atoms with van der Waals surface area (Å²) >= 11 is 0. The fourth-order valence-electron chi connectivity index (χ4n) is 4.09. The molecule has 0 spiro atoms. The summed E-state index contributed by atoms with van der Waals surface area (Å²) in [6, 6.07) is 7.54. The standard InChI is InChI=1S/C20H24N2O4/c23-19(16-6-11-24-12-16)22-9-5-18-20(14-22,7-3-10-26-18)15-25-13-17-4-1-2-8-21-17/h1-2,4,6,8,11-12,18H,3,5,7,9-10,13-15H2/t18-,20-/m1/s1. The van der Waals surface area contributed by atoms with E-state index in [1.54, 1.807) is 12.3 Å². The molecular weight excluding hydrogens is 332 g/mol. The van der Waals surface area contributed by atoms with E-state index in [2.05, 4.69) is 4.98 Å². The zero-order valence-electron chi connectivity index (χ0n) is 14.8. The number of piperidine rings is 1. The molecular formula is C20H24N2O4. The largest absolute Gasteiger partial charge is 0.472 e. The number of furan rings is 1. The summed E-state index contributed by atoms with van der Waals surface area (Å²) in [5.74, 6) is 0.0203. The predicted octanol–water partition coefficient (Wildman–Crippen LogP) is 2.90. The van der Waals surface area contributed by atoms with Crippen LogP contribution in [0.2, 0.25) is 0 Å².